The van der Waals surface area contributed by atoms with Gasteiger partial charge in [0.1, 0.15) is 12.1 Å². The highest BCUT2D eigenvalue weighted by Gasteiger charge is 2.31. The van der Waals surface area contributed by atoms with E-state index in [9.17, 15) is 24.0 Å². The van der Waals surface area contributed by atoms with Gasteiger partial charge < -0.3 is 47.4 Å². The van der Waals surface area contributed by atoms with E-state index in [1.54, 1.807) is 0 Å². The van der Waals surface area contributed by atoms with Crippen LogP contribution in [0.4, 0.5) is 0 Å². The molecule has 280 valence electrons. The molecule has 0 saturated carbocycles. The first-order valence-corrected chi connectivity index (χ1v) is 17.6. The Morgan fingerprint density at radius 3 is 2.18 bits per heavy atom. The number of aromatic amines is 1. The Kier molecular flexibility index (Phi) is 19.7. The zero-order valence-electron chi connectivity index (χ0n) is 30.4. The minimum Gasteiger partial charge on any atom is -0.378 e. The molecule has 0 aliphatic rings. The zero-order chi connectivity index (χ0) is 36.9. The van der Waals surface area contributed by atoms with Crippen LogP contribution in [-0.4, -0.2) is 125 Å². The maximum absolute atomic E-state index is 13.5. The van der Waals surface area contributed by atoms with E-state index >= 15 is 0 Å². The molecule has 2 aromatic rings. The van der Waals surface area contributed by atoms with E-state index in [-0.39, 0.29) is 56.9 Å². The predicted molar refractivity (Wildman–Crippen MR) is 194 cm³/mol. The van der Waals surface area contributed by atoms with Gasteiger partial charge in [-0.1, -0.05) is 45.4 Å². The van der Waals surface area contributed by atoms with E-state index in [0.29, 0.717) is 19.4 Å². The molecule has 2 rings (SSSR count). The molecule has 9 N–H and O–H groups in total. The van der Waals surface area contributed by atoms with Crippen LogP contribution in [0.15, 0.2) is 30.5 Å². The van der Waals surface area contributed by atoms with Gasteiger partial charge in [-0.3, -0.25) is 28.9 Å². The van der Waals surface area contributed by atoms with Crippen molar-refractivity contribution in [2.24, 2.45) is 17.6 Å². The number of fused-ring (bicyclic) bond motifs is 1. The standard InChI is InChI=1S/C35H59N9O6/c1-6-24(2)32(43-33(47)25(3)21-26-22-41-28-10-8-7-9-27(26)28)35(49)42-29(11-12-30(36)45)34(48)40-16-20-50-19-15-39-31(46)23-44(17-13-37-4)18-14-38-5/h7-10,22,24-25,29,32,37-38,41H,6,11-21,23H2,1-5H3,(H2,36,45)(H,39,46)(H,40,48)(H,42,49)(H,43,47). The number of amides is 5. The van der Waals surface area contributed by atoms with Crippen molar-refractivity contribution in [2.75, 3.05) is 73.1 Å². The van der Waals surface area contributed by atoms with E-state index in [1.807, 2.05) is 65.3 Å². The number of aromatic nitrogens is 1. The van der Waals surface area contributed by atoms with Crippen molar-refractivity contribution in [3.05, 3.63) is 36.0 Å². The molecule has 1 heterocycles. The molecule has 4 unspecified atom stereocenters. The van der Waals surface area contributed by atoms with Gasteiger partial charge in [0.05, 0.1) is 19.8 Å². The number of rotatable bonds is 26. The van der Waals surface area contributed by atoms with E-state index in [0.717, 1.165) is 42.6 Å². The molecule has 0 aliphatic carbocycles. The lowest BCUT2D eigenvalue weighted by molar-refractivity contribution is -0.134. The molecule has 0 fully saturated rings. The average molecular weight is 702 g/mol. The minimum absolute atomic E-state index is 0.00239. The largest absolute Gasteiger partial charge is 0.378 e. The fourth-order valence-corrected chi connectivity index (χ4v) is 5.34. The number of benzene rings is 1. The molecule has 1 aromatic carbocycles. The second-order valence-corrected chi connectivity index (χ2v) is 12.6. The van der Waals surface area contributed by atoms with Gasteiger partial charge in [0.15, 0.2) is 0 Å². The topological polar surface area (TPSA) is 212 Å². The van der Waals surface area contributed by atoms with Crippen molar-refractivity contribution in [3.8, 4) is 0 Å². The maximum Gasteiger partial charge on any atom is 0.243 e. The predicted octanol–water partition coefficient (Wildman–Crippen LogP) is -0.382. The van der Waals surface area contributed by atoms with Gasteiger partial charge in [-0.25, -0.2) is 0 Å². The summed E-state index contributed by atoms with van der Waals surface area (Å²) in [5.41, 5.74) is 7.34. The van der Waals surface area contributed by atoms with Crippen molar-refractivity contribution in [1.82, 2.24) is 41.8 Å². The first-order chi connectivity index (χ1) is 24.0. The number of likely N-dealkylation sites (N-methyl/N-ethyl adjacent to an activating group) is 2. The molecular formula is C35H59N9O6. The molecule has 0 spiro atoms. The summed E-state index contributed by atoms with van der Waals surface area (Å²) >= 11 is 0. The molecule has 0 aliphatic heterocycles. The van der Waals surface area contributed by atoms with Gasteiger partial charge in [0.2, 0.25) is 29.5 Å². The number of ether oxygens (including phenoxy) is 1. The van der Waals surface area contributed by atoms with Crippen molar-refractivity contribution in [2.45, 2.75) is 58.5 Å². The molecular weight excluding hydrogens is 642 g/mol. The maximum atomic E-state index is 13.5. The Morgan fingerprint density at radius 2 is 1.54 bits per heavy atom. The fraction of sp³-hybridized carbons (Fsp3) is 0.629. The Hall–Kier alpha value is -4.05. The van der Waals surface area contributed by atoms with Crippen LogP contribution in [0, 0.1) is 11.8 Å². The molecule has 4 atom stereocenters. The number of hydrogen-bond acceptors (Lipinski definition) is 9. The van der Waals surface area contributed by atoms with Crippen LogP contribution in [0.3, 0.4) is 0 Å². The van der Waals surface area contributed by atoms with Crippen LogP contribution in [0.5, 0.6) is 0 Å². The van der Waals surface area contributed by atoms with E-state index in [4.69, 9.17) is 10.5 Å². The second kappa shape index (κ2) is 23.4. The summed E-state index contributed by atoms with van der Waals surface area (Å²) in [5, 5.41) is 18.4. The van der Waals surface area contributed by atoms with Gasteiger partial charge in [-0.15, -0.1) is 0 Å². The monoisotopic (exact) mass is 701 g/mol. The summed E-state index contributed by atoms with van der Waals surface area (Å²) in [5.74, 6) is -2.64. The minimum atomic E-state index is -1.05. The molecule has 15 heteroatoms. The molecule has 5 amide bonds. The Labute approximate surface area is 295 Å². The third-order valence-corrected chi connectivity index (χ3v) is 8.59. The first kappa shape index (κ1) is 42.1. The Morgan fingerprint density at radius 1 is 0.880 bits per heavy atom. The van der Waals surface area contributed by atoms with Crippen molar-refractivity contribution in [1.29, 1.82) is 0 Å². The first-order valence-electron chi connectivity index (χ1n) is 17.6. The van der Waals surface area contributed by atoms with Crippen LogP contribution in [0.2, 0.25) is 0 Å². The molecule has 50 heavy (non-hydrogen) atoms. The van der Waals surface area contributed by atoms with Crippen LogP contribution in [0.1, 0.15) is 45.6 Å². The number of primary amides is 1. The number of nitrogens with one attached hydrogen (secondary N) is 7. The number of carbonyl (C=O) groups excluding carboxylic acids is 5. The molecule has 0 saturated heterocycles. The van der Waals surface area contributed by atoms with Crippen LogP contribution >= 0.6 is 0 Å². The number of carbonyl (C=O) groups is 5. The third-order valence-electron chi connectivity index (χ3n) is 8.59. The highest BCUT2D eigenvalue weighted by molar-refractivity contribution is 5.93. The quantitative estimate of drug-likeness (QED) is 0.0600. The van der Waals surface area contributed by atoms with E-state index in [2.05, 4.69) is 41.8 Å². The number of para-hydroxylation sites is 1. The van der Waals surface area contributed by atoms with Crippen molar-refractivity contribution in [3.63, 3.8) is 0 Å². The molecule has 15 nitrogen and oxygen atoms in total. The number of nitrogens with two attached hydrogens (primary N) is 1. The van der Waals surface area contributed by atoms with Crippen LogP contribution in [-0.2, 0) is 35.1 Å². The summed E-state index contributed by atoms with van der Waals surface area (Å²) in [6, 6.07) is 5.93. The summed E-state index contributed by atoms with van der Waals surface area (Å²) in [6.07, 6.45) is 2.87. The van der Waals surface area contributed by atoms with Crippen molar-refractivity contribution >= 4 is 40.4 Å². The molecule has 0 radical (unpaired) electrons. The Balaban J connectivity index is 1.86. The Bertz CT molecular complexity index is 1340. The van der Waals surface area contributed by atoms with Gasteiger partial charge in [0, 0.05) is 68.7 Å². The smallest absolute Gasteiger partial charge is 0.243 e. The molecule has 0 bridgehead atoms. The normalized spacial score (nSPS) is 13.7. The van der Waals surface area contributed by atoms with Gasteiger partial charge in [-0.2, -0.15) is 0 Å². The highest BCUT2D eigenvalue weighted by atomic mass is 16.5. The highest BCUT2D eigenvalue weighted by Crippen LogP contribution is 2.21. The van der Waals surface area contributed by atoms with Gasteiger partial charge in [-0.05, 0) is 44.5 Å². The summed E-state index contributed by atoms with van der Waals surface area (Å²) in [6.45, 7) is 9.83. The lowest BCUT2D eigenvalue weighted by atomic mass is 9.95. The lowest BCUT2D eigenvalue weighted by Crippen LogP contribution is -2.56. The second-order valence-electron chi connectivity index (χ2n) is 12.6. The zero-order valence-corrected chi connectivity index (χ0v) is 30.4. The summed E-state index contributed by atoms with van der Waals surface area (Å²) in [4.78, 5) is 69.1. The average Bonchev–Trinajstić information content (AvgIpc) is 3.51. The summed E-state index contributed by atoms with van der Waals surface area (Å²) in [7, 11) is 3.74. The fourth-order valence-electron chi connectivity index (χ4n) is 5.34. The van der Waals surface area contributed by atoms with Gasteiger partial charge in [0.25, 0.3) is 0 Å². The molecule has 1 aromatic heterocycles. The van der Waals surface area contributed by atoms with E-state index < -0.39 is 35.7 Å². The van der Waals surface area contributed by atoms with Crippen molar-refractivity contribution < 1.29 is 28.7 Å². The van der Waals surface area contributed by atoms with Crippen LogP contribution < -0.4 is 37.6 Å². The summed E-state index contributed by atoms with van der Waals surface area (Å²) < 4.78 is 5.57. The van der Waals surface area contributed by atoms with E-state index in [1.165, 1.54) is 0 Å². The number of hydrogen-bond donors (Lipinski definition) is 8. The number of nitrogens with zero attached hydrogens (tertiary/aromatic N) is 1. The third kappa shape index (κ3) is 15.2. The van der Waals surface area contributed by atoms with Crippen LogP contribution in [0.25, 0.3) is 10.9 Å². The lowest BCUT2D eigenvalue weighted by Gasteiger charge is -2.27. The SMILES string of the molecule is CCC(C)C(NC(=O)C(C)Cc1c[nH]c2ccccc12)C(=O)NC(CCC(N)=O)C(=O)NCCOCCNC(=O)CN(CCNC)CCNC. The van der Waals surface area contributed by atoms with Gasteiger partial charge >= 0.3 is 0 Å². The number of H-pyrrole nitrogens is 1.